The lowest BCUT2D eigenvalue weighted by Crippen LogP contribution is -2.47. The van der Waals surface area contributed by atoms with Crippen molar-refractivity contribution in [3.05, 3.63) is 22.4 Å². The summed E-state index contributed by atoms with van der Waals surface area (Å²) >= 11 is 1.51. The van der Waals surface area contributed by atoms with Crippen LogP contribution in [0, 0.1) is 16.7 Å². The molecule has 1 amide bonds. The van der Waals surface area contributed by atoms with Crippen molar-refractivity contribution in [3.63, 3.8) is 0 Å². The van der Waals surface area contributed by atoms with E-state index in [9.17, 15) is 9.59 Å². The highest BCUT2D eigenvalue weighted by Gasteiger charge is 2.32. The van der Waals surface area contributed by atoms with Crippen molar-refractivity contribution in [2.75, 3.05) is 13.7 Å². The molecule has 120 valence electrons. The van der Waals surface area contributed by atoms with Crippen molar-refractivity contribution in [2.45, 2.75) is 39.7 Å². The minimum absolute atomic E-state index is 0.00239. The fraction of sp³-hybridized carbons (Fsp3) is 0.562. The Bertz CT molecular complexity index is 541. The molecule has 0 saturated heterocycles. The molecular formula is C16H22N2O3S. The monoisotopic (exact) mass is 322 g/mol. The van der Waals surface area contributed by atoms with Gasteiger partial charge in [-0.3, -0.25) is 4.79 Å². The van der Waals surface area contributed by atoms with Gasteiger partial charge in [-0.1, -0.05) is 26.8 Å². The minimum atomic E-state index is -0.766. The van der Waals surface area contributed by atoms with E-state index in [1.165, 1.54) is 23.3 Å². The second-order valence-corrected chi connectivity index (χ2v) is 7.28. The summed E-state index contributed by atoms with van der Waals surface area (Å²) in [6, 6.07) is 4.65. The minimum Gasteiger partial charge on any atom is -0.467 e. The maximum atomic E-state index is 12.1. The van der Waals surface area contributed by atoms with E-state index in [-0.39, 0.29) is 5.41 Å². The summed E-state index contributed by atoms with van der Waals surface area (Å²) in [4.78, 5) is 26.4. The number of nitriles is 1. The molecule has 0 radical (unpaired) electrons. The molecule has 0 N–H and O–H groups in total. The van der Waals surface area contributed by atoms with Crippen molar-refractivity contribution in [2.24, 2.45) is 5.41 Å². The van der Waals surface area contributed by atoms with Gasteiger partial charge in [-0.2, -0.15) is 5.26 Å². The van der Waals surface area contributed by atoms with Crippen LogP contribution in [0.15, 0.2) is 17.5 Å². The van der Waals surface area contributed by atoms with Crippen LogP contribution in [-0.4, -0.2) is 36.5 Å². The molecule has 0 spiro atoms. The lowest BCUT2D eigenvalue weighted by Gasteiger charge is -2.30. The van der Waals surface area contributed by atoms with Crippen LogP contribution in [0.3, 0.4) is 0 Å². The highest BCUT2D eigenvalue weighted by Crippen LogP contribution is 2.22. The highest BCUT2D eigenvalue weighted by molar-refractivity contribution is 7.09. The number of esters is 1. The number of ether oxygens (including phenoxy) is 1. The lowest BCUT2D eigenvalue weighted by molar-refractivity contribution is -0.151. The maximum Gasteiger partial charge on any atom is 0.328 e. The van der Waals surface area contributed by atoms with E-state index < -0.39 is 17.9 Å². The van der Waals surface area contributed by atoms with Crippen LogP contribution in [0.2, 0.25) is 0 Å². The molecule has 6 heteroatoms. The molecule has 1 rings (SSSR count). The molecule has 1 aromatic rings. The van der Waals surface area contributed by atoms with Gasteiger partial charge in [0.1, 0.15) is 6.04 Å². The first kappa shape index (κ1) is 18.2. The number of carbonyl (C=O) groups is 2. The summed E-state index contributed by atoms with van der Waals surface area (Å²) in [6.07, 6.45) is 1.06. The predicted octanol–water partition coefficient (Wildman–Crippen LogP) is 2.62. The van der Waals surface area contributed by atoms with Crippen molar-refractivity contribution >= 4 is 23.2 Å². The molecule has 0 aliphatic heterocycles. The average molecular weight is 322 g/mol. The quantitative estimate of drug-likeness (QED) is 0.596. The number of hydrogen-bond donors (Lipinski definition) is 0. The fourth-order valence-corrected chi connectivity index (χ4v) is 2.74. The van der Waals surface area contributed by atoms with Crippen LogP contribution in [0.25, 0.3) is 0 Å². The first-order valence-corrected chi connectivity index (χ1v) is 7.97. The first-order valence-electron chi connectivity index (χ1n) is 7.09. The van der Waals surface area contributed by atoms with Crippen molar-refractivity contribution in [3.8, 4) is 6.07 Å². The number of rotatable bonds is 6. The Hall–Kier alpha value is -1.87. The number of thiophene rings is 1. The zero-order valence-electron chi connectivity index (χ0n) is 13.5. The number of amides is 1. The van der Waals surface area contributed by atoms with Gasteiger partial charge in [-0.25, -0.2) is 4.79 Å². The second kappa shape index (κ2) is 7.95. The largest absolute Gasteiger partial charge is 0.467 e. The topological polar surface area (TPSA) is 70.4 Å². The van der Waals surface area contributed by atoms with Crippen LogP contribution in [0.4, 0.5) is 0 Å². The number of methoxy groups -OCH3 is 1. The van der Waals surface area contributed by atoms with Crippen molar-refractivity contribution in [1.29, 1.82) is 5.26 Å². The van der Waals surface area contributed by atoms with Crippen molar-refractivity contribution < 1.29 is 14.3 Å². The molecule has 0 aliphatic carbocycles. The molecule has 1 unspecified atom stereocenters. The first-order chi connectivity index (χ1) is 10.3. The zero-order chi connectivity index (χ0) is 16.8. The van der Waals surface area contributed by atoms with Crippen LogP contribution in [0.5, 0.6) is 0 Å². The molecule has 1 aromatic heterocycles. The molecule has 0 fully saturated rings. The molecule has 0 saturated carbocycles. The van der Waals surface area contributed by atoms with Gasteiger partial charge in [-0.15, -0.1) is 11.3 Å². The molecule has 22 heavy (non-hydrogen) atoms. The average Bonchev–Trinajstić information content (AvgIpc) is 2.96. The van der Waals surface area contributed by atoms with E-state index in [4.69, 9.17) is 10.00 Å². The van der Waals surface area contributed by atoms with Crippen LogP contribution < -0.4 is 0 Å². The second-order valence-electron chi connectivity index (χ2n) is 6.24. The van der Waals surface area contributed by atoms with E-state index in [0.29, 0.717) is 19.4 Å². The Kier molecular flexibility index (Phi) is 6.57. The normalized spacial score (nSPS) is 12.3. The van der Waals surface area contributed by atoms with Gasteiger partial charge in [-0.05, 0) is 23.3 Å². The van der Waals surface area contributed by atoms with E-state index in [1.54, 1.807) is 6.07 Å². The molecular weight excluding hydrogens is 300 g/mol. The predicted molar refractivity (Wildman–Crippen MR) is 85.2 cm³/mol. The van der Waals surface area contributed by atoms with Crippen LogP contribution in [-0.2, 0) is 20.7 Å². The number of nitrogens with zero attached hydrogens (tertiary/aromatic N) is 2. The van der Waals surface area contributed by atoms with Crippen LogP contribution in [0.1, 0.15) is 32.1 Å². The molecule has 0 aromatic carbocycles. The Morgan fingerprint density at radius 2 is 2.14 bits per heavy atom. The number of hydrogen-bond acceptors (Lipinski definition) is 5. The summed E-state index contributed by atoms with van der Waals surface area (Å²) < 4.78 is 4.83. The van der Waals surface area contributed by atoms with Gasteiger partial charge in [0.05, 0.1) is 7.11 Å². The van der Waals surface area contributed by atoms with Gasteiger partial charge < -0.3 is 9.64 Å². The Balaban J connectivity index is 2.99. The Labute approximate surface area is 135 Å². The molecule has 1 heterocycles. The highest BCUT2D eigenvalue weighted by atomic mass is 32.1. The summed E-state index contributed by atoms with van der Waals surface area (Å²) in [5, 5.41) is 10.9. The van der Waals surface area contributed by atoms with Crippen molar-refractivity contribution in [1.82, 2.24) is 4.90 Å². The van der Waals surface area contributed by atoms with Crippen LogP contribution >= 0.6 is 11.3 Å². The smallest absolute Gasteiger partial charge is 0.328 e. The van der Waals surface area contributed by atoms with E-state index in [2.05, 4.69) is 20.8 Å². The number of carbonyl (C=O) groups excluding carboxylic acids is 2. The van der Waals surface area contributed by atoms with Gasteiger partial charge in [0.15, 0.2) is 6.07 Å². The summed E-state index contributed by atoms with van der Waals surface area (Å²) in [7, 11) is 1.29. The third kappa shape index (κ3) is 5.49. The van der Waals surface area contributed by atoms with E-state index >= 15 is 0 Å². The zero-order valence-corrected chi connectivity index (χ0v) is 14.3. The molecule has 1 atom stereocenters. The SMILES string of the molecule is COC(=O)C(Cc1cccs1)N(CCC(C)(C)C)C(=O)C#N. The van der Waals surface area contributed by atoms with E-state index in [1.807, 2.05) is 17.5 Å². The fourth-order valence-electron chi connectivity index (χ4n) is 2.00. The summed E-state index contributed by atoms with van der Waals surface area (Å²) in [5.74, 6) is -1.19. The van der Waals surface area contributed by atoms with Gasteiger partial charge in [0.25, 0.3) is 0 Å². The summed E-state index contributed by atoms with van der Waals surface area (Å²) in [5.41, 5.74) is -0.00239. The lowest BCUT2D eigenvalue weighted by atomic mass is 9.91. The molecule has 5 nitrogen and oxygen atoms in total. The maximum absolute atomic E-state index is 12.1. The Morgan fingerprint density at radius 3 is 2.59 bits per heavy atom. The third-order valence-corrected chi connectivity index (χ3v) is 4.18. The molecule has 0 aliphatic rings. The standard InChI is InChI=1S/C16H22N2O3S/c1-16(2,3)7-8-18(14(19)11-17)13(15(20)21-4)10-12-6-5-9-22-12/h5-6,9,13H,7-8,10H2,1-4H3. The van der Waals surface area contributed by atoms with Gasteiger partial charge in [0.2, 0.25) is 0 Å². The van der Waals surface area contributed by atoms with Gasteiger partial charge >= 0.3 is 11.9 Å². The van der Waals surface area contributed by atoms with Gasteiger partial charge in [0, 0.05) is 17.8 Å². The third-order valence-electron chi connectivity index (χ3n) is 3.28. The van der Waals surface area contributed by atoms with E-state index in [0.717, 1.165) is 4.88 Å². The Morgan fingerprint density at radius 1 is 1.45 bits per heavy atom. The molecule has 0 bridgehead atoms. The summed E-state index contributed by atoms with van der Waals surface area (Å²) in [6.45, 7) is 6.50.